The van der Waals surface area contributed by atoms with Crippen LogP contribution >= 0.6 is 0 Å². The molecule has 3 nitrogen and oxygen atoms in total. The average Bonchev–Trinajstić information content (AvgIpc) is 2.21. The third kappa shape index (κ3) is 4.79. The van der Waals surface area contributed by atoms with Crippen LogP contribution in [0, 0.1) is 11.6 Å². The van der Waals surface area contributed by atoms with Gasteiger partial charge in [0.25, 0.3) is 0 Å². The largest absolute Gasteiger partial charge is 0.353 e. The Morgan fingerprint density at radius 3 is 2.56 bits per heavy atom. The van der Waals surface area contributed by atoms with Crippen molar-refractivity contribution in [3.05, 3.63) is 35.4 Å². The van der Waals surface area contributed by atoms with E-state index in [0.717, 1.165) is 12.1 Å². The number of nitrogens with two attached hydrogens (primary N) is 1. The monoisotopic (exact) mass is 256 g/mol. The first-order valence-corrected chi connectivity index (χ1v) is 5.87. The van der Waals surface area contributed by atoms with E-state index in [2.05, 4.69) is 5.32 Å². The summed E-state index contributed by atoms with van der Waals surface area (Å²) < 4.78 is 25.6. The number of carbonyl (C=O) groups is 1. The summed E-state index contributed by atoms with van der Waals surface area (Å²) in [4.78, 5) is 11.6. The van der Waals surface area contributed by atoms with Crippen molar-refractivity contribution in [1.82, 2.24) is 5.32 Å². The molecule has 1 amide bonds. The van der Waals surface area contributed by atoms with E-state index in [4.69, 9.17) is 5.73 Å². The van der Waals surface area contributed by atoms with Gasteiger partial charge in [-0.1, -0.05) is 6.07 Å². The van der Waals surface area contributed by atoms with Crippen molar-refractivity contribution in [3.63, 3.8) is 0 Å². The third-order valence-corrected chi connectivity index (χ3v) is 2.48. The number of hydrogen-bond donors (Lipinski definition) is 2. The Kier molecular flexibility index (Phi) is 5.22. The zero-order chi connectivity index (χ0) is 13.7. The first-order chi connectivity index (χ1) is 8.38. The average molecular weight is 256 g/mol. The van der Waals surface area contributed by atoms with Crippen LogP contribution in [0.1, 0.15) is 25.8 Å². The first-order valence-electron chi connectivity index (χ1n) is 5.87. The van der Waals surface area contributed by atoms with Crippen molar-refractivity contribution in [3.8, 4) is 0 Å². The van der Waals surface area contributed by atoms with Crippen molar-refractivity contribution >= 4 is 5.91 Å². The molecule has 0 aliphatic carbocycles. The van der Waals surface area contributed by atoms with Gasteiger partial charge in [0.2, 0.25) is 5.91 Å². The van der Waals surface area contributed by atoms with Gasteiger partial charge in [0.1, 0.15) is 0 Å². The van der Waals surface area contributed by atoms with E-state index in [1.807, 2.05) is 13.8 Å². The van der Waals surface area contributed by atoms with Gasteiger partial charge in [-0.15, -0.1) is 0 Å². The van der Waals surface area contributed by atoms with Gasteiger partial charge in [-0.2, -0.15) is 0 Å². The minimum absolute atomic E-state index is 0.00330. The molecule has 1 aromatic carbocycles. The highest BCUT2D eigenvalue weighted by molar-refractivity contribution is 5.78. The lowest BCUT2D eigenvalue weighted by Gasteiger charge is -2.15. The van der Waals surface area contributed by atoms with E-state index < -0.39 is 11.6 Å². The number of rotatable bonds is 5. The van der Waals surface area contributed by atoms with Crippen LogP contribution in [-0.2, 0) is 11.2 Å². The standard InChI is InChI=1S/C13H18F2N2O/c1-8(16)5-9(2)17-13(18)7-10-3-4-11(14)12(15)6-10/h3-4,6,8-9H,5,7,16H2,1-2H3,(H,17,18). The number of hydrogen-bond acceptors (Lipinski definition) is 2. The molecule has 3 N–H and O–H groups in total. The van der Waals surface area contributed by atoms with Gasteiger partial charge >= 0.3 is 0 Å². The highest BCUT2D eigenvalue weighted by atomic mass is 19.2. The normalized spacial score (nSPS) is 14.1. The number of benzene rings is 1. The summed E-state index contributed by atoms with van der Waals surface area (Å²) >= 11 is 0. The van der Waals surface area contributed by atoms with Crippen LogP contribution in [0.3, 0.4) is 0 Å². The summed E-state index contributed by atoms with van der Waals surface area (Å²) in [6, 6.07) is 3.41. The summed E-state index contributed by atoms with van der Waals surface area (Å²) in [6.45, 7) is 3.71. The lowest BCUT2D eigenvalue weighted by atomic mass is 10.1. The second kappa shape index (κ2) is 6.44. The zero-order valence-electron chi connectivity index (χ0n) is 10.5. The molecule has 1 aromatic rings. The van der Waals surface area contributed by atoms with Crippen molar-refractivity contribution in [2.24, 2.45) is 5.73 Å². The molecule has 100 valence electrons. The van der Waals surface area contributed by atoms with Crippen LogP contribution in [0.25, 0.3) is 0 Å². The molecule has 0 aromatic heterocycles. The molecule has 5 heteroatoms. The Morgan fingerprint density at radius 2 is 2.00 bits per heavy atom. The lowest BCUT2D eigenvalue weighted by molar-refractivity contribution is -0.121. The fourth-order valence-corrected chi connectivity index (χ4v) is 1.78. The smallest absolute Gasteiger partial charge is 0.224 e. The molecule has 0 heterocycles. The van der Waals surface area contributed by atoms with Crippen LogP contribution in [0.15, 0.2) is 18.2 Å². The Balaban J connectivity index is 2.51. The summed E-state index contributed by atoms with van der Waals surface area (Å²) in [5, 5.41) is 2.76. The van der Waals surface area contributed by atoms with Gasteiger partial charge in [-0.05, 0) is 38.0 Å². The van der Waals surface area contributed by atoms with Crippen LogP contribution in [-0.4, -0.2) is 18.0 Å². The van der Waals surface area contributed by atoms with Gasteiger partial charge in [0.15, 0.2) is 11.6 Å². The second-order valence-electron chi connectivity index (χ2n) is 4.61. The molecule has 0 saturated carbocycles. The number of nitrogens with one attached hydrogen (secondary N) is 1. The molecule has 2 unspecified atom stereocenters. The molecular formula is C13H18F2N2O. The van der Waals surface area contributed by atoms with E-state index >= 15 is 0 Å². The second-order valence-corrected chi connectivity index (χ2v) is 4.61. The molecule has 0 aliphatic heterocycles. The molecule has 0 spiro atoms. The molecule has 0 saturated heterocycles. The van der Waals surface area contributed by atoms with E-state index in [1.165, 1.54) is 6.07 Å². The predicted octanol–water partition coefficient (Wildman–Crippen LogP) is 1.75. The maximum Gasteiger partial charge on any atom is 0.224 e. The molecule has 0 bridgehead atoms. The number of carbonyl (C=O) groups excluding carboxylic acids is 1. The van der Waals surface area contributed by atoms with Gasteiger partial charge in [-0.25, -0.2) is 8.78 Å². The molecule has 1 rings (SSSR count). The lowest BCUT2D eigenvalue weighted by Crippen LogP contribution is -2.37. The molecule has 0 aliphatic rings. The third-order valence-electron chi connectivity index (χ3n) is 2.48. The summed E-state index contributed by atoms with van der Waals surface area (Å²) in [5.74, 6) is -2.08. The minimum atomic E-state index is -0.941. The molecule has 2 atom stereocenters. The molecule has 18 heavy (non-hydrogen) atoms. The van der Waals surface area contributed by atoms with Crippen LogP contribution in [0.2, 0.25) is 0 Å². The fraction of sp³-hybridized carbons (Fsp3) is 0.462. The van der Waals surface area contributed by atoms with Crippen molar-refractivity contribution in [2.45, 2.75) is 38.8 Å². The number of amides is 1. The summed E-state index contributed by atoms with van der Waals surface area (Å²) in [6.07, 6.45) is 0.698. The summed E-state index contributed by atoms with van der Waals surface area (Å²) in [5.41, 5.74) is 6.06. The highest BCUT2D eigenvalue weighted by Crippen LogP contribution is 2.09. The Hall–Kier alpha value is -1.49. The minimum Gasteiger partial charge on any atom is -0.353 e. The predicted molar refractivity (Wildman–Crippen MR) is 65.9 cm³/mol. The Labute approximate surface area is 105 Å². The highest BCUT2D eigenvalue weighted by Gasteiger charge is 2.11. The van der Waals surface area contributed by atoms with Crippen molar-refractivity contribution < 1.29 is 13.6 Å². The van der Waals surface area contributed by atoms with Crippen LogP contribution < -0.4 is 11.1 Å². The Morgan fingerprint density at radius 1 is 1.33 bits per heavy atom. The maximum absolute atomic E-state index is 12.9. The summed E-state index contributed by atoms with van der Waals surface area (Å²) in [7, 11) is 0. The van der Waals surface area contributed by atoms with Gasteiger partial charge in [0, 0.05) is 12.1 Å². The molecule has 0 fully saturated rings. The topological polar surface area (TPSA) is 55.1 Å². The quantitative estimate of drug-likeness (QED) is 0.843. The van der Waals surface area contributed by atoms with Gasteiger partial charge in [-0.3, -0.25) is 4.79 Å². The van der Waals surface area contributed by atoms with E-state index in [9.17, 15) is 13.6 Å². The van der Waals surface area contributed by atoms with Crippen LogP contribution in [0.4, 0.5) is 8.78 Å². The first kappa shape index (κ1) is 14.6. The van der Waals surface area contributed by atoms with Gasteiger partial charge in [0.05, 0.1) is 6.42 Å². The number of halogens is 2. The fourth-order valence-electron chi connectivity index (χ4n) is 1.78. The van der Waals surface area contributed by atoms with Gasteiger partial charge < -0.3 is 11.1 Å². The van der Waals surface area contributed by atoms with E-state index in [-0.39, 0.29) is 24.4 Å². The maximum atomic E-state index is 12.9. The van der Waals surface area contributed by atoms with Crippen molar-refractivity contribution in [2.75, 3.05) is 0 Å². The van der Waals surface area contributed by atoms with E-state index in [0.29, 0.717) is 12.0 Å². The SMILES string of the molecule is CC(N)CC(C)NC(=O)Cc1ccc(F)c(F)c1. The molecule has 0 radical (unpaired) electrons. The zero-order valence-corrected chi connectivity index (χ0v) is 10.5. The van der Waals surface area contributed by atoms with Crippen molar-refractivity contribution in [1.29, 1.82) is 0 Å². The van der Waals surface area contributed by atoms with E-state index in [1.54, 1.807) is 0 Å². The Bertz CT molecular complexity index is 421. The molecular weight excluding hydrogens is 238 g/mol. The van der Waals surface area contributed by atoms with Crippen LogP contribution in [0.5, 0.6) is 0 Å².